The van der Waals surface area contributed by atoms with Gasteiger partial charge < -0.3 is 9.47 Å². The molecular formula is C9H10O2. The first-order chi connectivity index (χ1) is 5.31. The summed E-state index contributed by atoms with van der Waals surface area (Å²) in [6, 6.07) is 0. The zero-order chi connectivity index (χ0) is 7.27. The van der Waals surface area contributed by atoms with Crippen molar-refractivity contribution in [3.63, 3.8) is 0 Å². The highest BCUT2D eigenvalue weighted by Gasteiger charge is 2.92. The van der Waals surface area contributed by atoms with Crippen LogP contribution in [0.1, 0.15) is 26.2 Å². The van der Waals surface area contributed by atoms with E-state index in [-0.39, 0.29) is 11.4 Å². The van der Waals surface area contributed by atoms with Crippen LogP contribution in [0.2, 0.25) is 0 Å². The summed E-state index contributed by atoms with van der Waals surface area (Å²) in [7, 11) is 0. The molecule has 2 spiro atoms. The van der Waals surface area contributed by atoms with Crippen LogP contribution in [-0.2, 0) is 9.47 Å². The number of epoxide rings is 2. The lowest BCUT2D eigenvalue weighted by Gasteiger charge is -2.05. The van der Waals surface area contributed by atoms with E-state index >= 15 is 0 Å². The molecule has 2 aliphatic carbocycles. The lowest BCUT2D eigenvalue weighted by molar-refractivity contribution is 0.238. The second kappa shape index (κ2) is 1.06. The van der Waals surface area contributed by atoms with Crippen LogP contribution in [0.3, 0.4) is 0 Å². The fourth-order valence-electron chi connectivity index (χ4n) is 3.04. The zero-order valence-corrected chi connectivity index (χ0v) is 6.52. The van der Waals surface area contributed by atoms with Crippen molar-refractivity contribution in [2.45, 2.75) is 37.6 Å². The molecule has 2 heteroatoms. The summed E-state index contributed by atoms with van der Waals surface area (Å²) < 4.78 is 11.1. The maximum absolute atomic E-state index is 5.64. The lowest BCUT2D eigenvalue weighted by atomic mass is 9.94. The third kappa shape index (κ3) is 0.310. The van der Waals surface area contributed by atoms with Crippen LogP contribution in [-0.4, -0.2) is 11.4 Å². The van der Waals surface area contributed by atoms with Gasteiger partial charge in [0, 0.05) is 6.42 Å². The van der Waals surface area contributed by atoms with E-state index in [4.69, 9.17) is 9.47 Å². The summed E-state index contributed by atoms with van der Waals surface area (Å²) in [4.78, 5) is 0. The Labute approximate surface area is 65.2 Å². The highest BCUT2D eigenvalue weighted by atomic mass is 16.9. The molecule has 3 atom stereocenters. The molecule has 58 valence electrons. The molecule has 3 fully saturated rings. The second-order valence-electron chi connectivity index (χ2n) is 4.16. The lowest BCUT2D eigenvalue weighted by Crippen LogP contribution is -2.11. The van der Waals surface area contributed by atoms with Crippen molar-refractivity contribution in [1.29, 1.82) is 0 Å². The highest BCUT2D eigenvalue weighted by molar-refractivity contribution is 5.54. The highest BCUT2D eigenvalue weighted by Crippen LogP contribution is 2.80. The molecule has 2 bridgehead atoms. The smallest absolute Gasteiger partial charge is 0.300 e. The quantitative estimate of drug-likeness (QED) is 0.530. The van der Waals surface area contributed by atoms with Gasteiger partial charge in [-0.25, -0.2) is 0 Å². The minimum Gasteiger partial charge on any atom is -0.449 e. The van der Waals surface area contributed by atoms with E-state index in [1.54, 1.807) is 5.57 Å². The van der Waals surface area contributed by atoms with Crippen molar-refractivity contribution < 1.29 is 9.47 Å². The van der Waals surface area contributed by atoms with E-state index in [9.17, 15) is 0 Å². The maximum atomic E-state index is 5.64. The largest absolute Gasteiger partial charge is 0.449 e. The van der Waals surface area contributed by atoms with Crippen molar-refractivity contribution in [1.82, 2.24) is 0 Å². The Morgan fingerprint density at radius 3 is 3.18 bits per heavy atom. The summed E-state index contributed by atoms with van der Waals surface area (Å²) in [6.45, 7) is 2.25. The van der Waals surface area contributed by atoms with Gasteiger partial charge in [-0.1, -0.05) is 6.92 Å². The van der Waals surface area contributed by atoms with Crippen molar-refractivity contribution in [2.75, 3.05) is 0 Å². The third-order valence-corrected chi connectivity index (χ3v) is 3.73. The fourth-order valence-corrected chi connectivity index (χ4v) is 3.04. The van der Waals surface area contributed by atoms with Crippen molar-refractivity contribution in [3.05, 3.63) is 11.3 Å². The number of ether oxygens (including phenoxy) is 2. The van der Waals surface area contributed by atoms with Gasteiger partial charge in [0.15, 0.2) is 11.4 Å². The van der Waals surface area contributed by atoms with Crippen LogP contribution in [0.15, 0.2) is 11.3 Å². The van der Waals surface area contributed by atoms with Gasteiger partial charge in [0.25, 0.3) is 5.79 Å². The molecule has 0 N–H and O–H groups in total. The average molecular weight is 150 g/mol. The standard InChI is InChI=1S/C9H10O2/c1-2-5-3-8-4-6(5)7-9(8,10-7)11-8/h5H,2-4H2,1H3. The van der Waals surface area contributed by atoms with Crippen molar-refractivity contribution in [2.24, 2.45) is 5.92 Å². The second-order valence-corrected chi connectivity index (χ2v) is 4.16. The minimum atomic E-state index is -0.117. The predicted molar refractivity (Wildman–Crippen MR) is 37.7 cm³/mol. The van der Waals surface area contributed by atoms with Crippen LogP contribution >= 0.6 is 0 Å². The fraction of sp³-hybridized carbons (Fsp3) is 0.778. The molecule has 2 heterocycles. The SMILES string of the molecule is CCC1CC23CC1=C1OC12O3. The van der Waals surface area contributed by atoms with Gasteiger partial charge in [-0.15, -0.1) is 0 Å². The van der Waals surface area contributed by atoms with Gasteiger partial charge >= 0.3 is 0 Å². The molecule has 0 amide bonds. The van der Waals surface area contributed by atoms with Gasteiger partial charge in [-0.2, -0.15) is 0 Å². The number of hydrogen-bond acceptors (Lipinski definition) is 2. The van der Waals surface area contributed by atoms with E-state index < -0.39 is 0 Å². The summed E-state index contributed by atoms with van der Waals surface area (Å²) in [5, 5.41) is 0. The van der Waals surface area contributed by atoms with Crippen LogP contribution in [0.25, 0.3) is 0 Å². The van der Waals surface area contributed by atoms with Gasteiger partial charge in [0.1, 0.15) is 0 Å². The van der Waals surface area contributed by atoms with Gasteiger partial charge in [0.05, 0.1) is 0 Å². The van der Waals surface area contributed by atoms with Crippen molar-refractivity contribution in [3.8, 4) is 0 Å². The van der Waals surface area contributed by atoms with Crippen LogP contribution in [0.5, 0.6) is 0 Å². The molecular weight excluding hydrogens is 140 g/mol. The molecule has 2 aliphatic heterocycles. The van der Waals surface area contributed by atoms with E-state index in [0.717, 1.165) is 5.92 Å². The summed E-state index contributed by atoms with van der Waals surface area (Å²) in [5.74, 6) is 1.88. The first kappa shape index (κ1) is 5.20. The monoisotopic (exact) mass is 150 g/mol. The Kier molecular flexibility index (Phi) is 0.499. The van der Waals surface area contributed by atoms with E-state index in [2.05, 4.69) is 6.92 Å². The van der Waals surface area contributed by atoms with Crippen molar-refractivity contribution >= 4 is 0 Å². The first-order valence-electron chi connectivity index (χ1n) is 4.44. The molecule has 1 saturated carbocycles. The number of rotatable bonds is 1. The molecule has 0 aromatic rings. The molecule has 3 unspecified atom stereocenters. The number of hydrogen-bond donors (Lipinski definition) is 0. The van der Waals surface area contributed by atoms with Gasteiger partial charge in [0.2, 0.25) is 0 Å². The molecule has 2 nitrogen and oxygen atoms in total. The first-order valence-corrected chi connectivity index (χ1v) is 4.44. The van der Waals surface area contributed by atoms with Crippen LogP contribution in [0, 0.1) is 5.92 Å². The Balaban J connectivity index is 1.93. The molecule has 0 aromatic heterocycles. The third-order valence-electron chi connectivity index (χ3n) is 3.73. The predicted octanol–water partition coefficient (Wildman–Crippen LogP) is 1.57. The molecule has 4 aliphatic rings. The van der Waals surface area contributed by atoms with Gasteiger partial charge in [-0.3, -0.25) is 0 Å². The summed E-state index contributed by atoms with van der Waals surface area (Å²) >= 11 is 0. The maximum Gasteiger partial charge on any atom is 0.300 e. The average Bonchev–Trinajstić information content (AvgIpc) is 2.80. The molecule has 4 rings (SSSR count). The van der Waals surface area contributed by atoms with E-state index in [1.807, 2.05) is 0 Å². The Hall–Kier alpha value is -0.500. The number of fused-ring (bicyclic) bond motifs is 1. The molecule has 2 saturated heterocycles. The molecule has 11 heavy (non-hydrogen) atoms. The molecule has 0 radical (unpaired) electrons. The molecule has 0 aromatic carbocycles. The van der Waals surface area contributed by atoms with Gasteiger partial charge in [-0.05, 0) is 24.3 Å². The Morgan fingerprint density at radius 1 is 1.64 bits per heavy atom. The normalized spacial score (nSPS) is 60.6. The van der Waals surface area contributed by atoms with Crippen LogP contribution in [0.4, 0.5) is 0 Å². The van der Waals surface area contributed by atoms with E-state index in [1.165, 1.54) is 25.0 Å². The zero-order valence-electron chi connectivity index (χ0n) is 6.52. The topological polar surface area (TPSA) is 25.1 Å². The summed E-state index contributed by atoms with van der Waals surface area (Å²) in [6.07, 6.45) is 3.66. The van der Waals surface area contributed by atoms with E-state index in [0.29, 0.717) is 0 Å². The minimum absolute atomic E-state index is 0.117. The summed E-state index contributed by atoms with van der Waals surface area (Å²) in [5.41, 5.74) is 1.75. The Morgan fingerprint density at radius 2 is 2.55 bits per heavy atom. The van der Waals surface area contributed by atoms with Crippen LogP contribution < -0.4 is 0 Å². The Bertz CT molecular complexity index is 307.